The van der Waals surface area contributed by atoms with Crippen LogP contribution in [-0.2, 0) is 11.4 Å². The van der Waals surface area contributed by atoms with Gasteiger partial charge in [-0.2, -0.15) is 0 Å². The average Bonchev–Trinajstić information content (AvgIpc) is 3.30. The maximum atomic E-state index is 14.1. The summed E-state index contributed by atoms with van der Waals surface area (Å²) >= 11 is 26.7. The molecule has 0 bridgehead atoms. The molecule has 1 heterocycles. The van der Waals surface area contributed by atoms with Crippen molar-refractivity contribution in [2.75, 3.05) is 4.90 Å². The number of carbonyl (C=O) groups excluding carboxylic acids is 1. The number of fused-ring (bicyclic) bond motifs is 1. The van der Waals surface area contributed by atoms with E-state index in [0.717, 1.165) is 33.0 Å². The van der Waals surface area contributed by atoms with Crippen LogP contribution in [0, 0.1) is 13.8 Å². The SMILES string of the molecule is Cc1ccc(N=C2S/C(=C/c3c(OCc4ccc(Cl)cc4Cl)ccc4ccccc34)C(=O)N2c2ccc(C)c(Cl)c2)cc1Cl. The number of anilines is 1. The highest BCUT2D eigenvalue weighted by atomic mass is 35.5. The number of ether oxygens (including phenoxy) is 1. The summed E-state index contributed by atoms with van der Waals surface area (Å²) < 4.78 is 6.32. The van der Waals surface area contributed by atoms with Crippen molar-refractivity contribution in [1.82, 2.24) is 0 Å². The third kappa shape index (κ3) is 6.35. The van der Waals surface area contributed by atoms with Crippen molar-refractivity contribution in [1.29, 1.82) is 0 Å². The number of carbonyl (C=O) groups is 1. The van der Waals surface area contributed by atoms with Gasteiger partial charge in [-0.15, -0.1) is 0 Å². The lowest BCUT2D eigenvalue weighted by Crippen LogP contribution is -2.28. The van der Waals surface area contributed by atoms with E-state index in [1.165, 1.54) is 11.8 Å². The minimum absolute atomic E-state index is 0.223. The van der Waals surface area contributed by atoms with E-state index in [-0.39, 0.29) is 12.5 Å². The molecule has 0 aromatic heterocycles. The number of amides is 1. The van der Waals surface area contributed by atoms with Gasteiger partial charge in [0, 0.05) is 31.2 Å². The molecule has 1 aliphatic rings. The Balaban J connectivity index is 1.45. The standard InChI is InChI=1S/C35H24Cl4N2O2S/c1-20-7-12-25(16-29(20)37)40-35-41(26-13-8-21(2)30(38)17-26)34(42)33(44-35)18-28-27-6-4-3-5-22(27)10-14-32(28)43-19-23-9-11-24(36)15-31(23)39/h3-18H,19H2,1-2H3/b33-18+,40-35?. The van der Waals surface area contributed by atoms with Gasteiger partial charge in [0.1, 0.15) is 12.4 Å². The molecule has 0 saturated carbocycles. The molecule has 1 saturated heterocycles. The Morgan fingerprint density at radius 3 is 2.32 bits per heavy atom. The smallest absolute Gasteiger partial charge is 0.271 e. The summed E-state index contributed by atoms with van der Waals surface area (Å²) in [5, 5.41) is 4.66. The van der Waals surface area contributed by atoms with Crippen molar-refractivity contribution in [3.63, 3.8) is 0 Å². The molecule has 9 heteroatoms. The first-order valence-corrected chi connectivity index (χ1v) is 15.9. The number of thioether (sulfide) groups is 1. The van der Waals surface area contributed by atoms with Gasteiger partial charge in [0.15, 0.2) is 5.17 Å². The summed E-state index contributed by atoms with van der Waals surface area (Å²) in [6, 6.07) is 28.3. The molecule has 1 aliphatic heterocycles. The van der Waals surface area contributed by atoms with Crippen LogP contribution in [-0.4, -0.2) is 11.1 Å². The van der Waals surface area contributed by atoms with E-state index in [9.17, 15) is 4.79 Å². The van der Waals surface area contributed by atoms with Gasteiger partial charge in [0.25, 0.3) is 5.91 Å². The van der Waals surface area contributed by atoms with Gasteiger partial charge >= 0.3 is 0 Å². The second-order valence-corrected chi connectivity index (χ2v) is 12.9. The van der Waals surface area contributed by atoms with Gasteiger partial charge in [-0.3, -0.25) is 9.69 Å². The zero-order chi connectivity index (χ0) is 31.0. The van der Waals surface area contributed by atoms with Crippen LogP contribution < -0.4 is 9.64 Å². The normalized spacial score (nSPS) is 15.1. The van der Waals surface area contributed by atoms with Crippen LogP contribution in [0.5, 0.6) is 5.75 Å². The largest absolute Gasteiger partial charge is 0.488 e. The second-order valence-electron chi connectivity index (χ2n) is 10.2. The minimum atomic E-state index is -0.230. The predicted octanol–water partition coefficient (Wildman–Crippen LogP) is 11.5. The minimum Gasteiger partial charge on any atom is -0.488 e. The fraction of sp³-hybridized carbons (Fsp3) is 0.0857. The Hall–Kier alpha value is -3.45. The Labute approximate surface area is 279 Å². The summed E-state index contributed by atoms with van der Waals surface area (Å²) in [5.74, 6) is 0.378. The quantitative estimate of drug-likeness (QED) is 0.168. The highest BCUT2D eigenvalue weighted by Crippen LogP contribution is 2.41. The lowest BCUT2D eigenvalue weighted by atomic mass is 10.0. The molecule has 4 nitrogen and oxygen atoms in total. The molecule has 5 aromatic rings. The van der Waals surface area contributed by atoms with Crippen LogP contribution in [0.4, 0.5) is 11.4 Å². The summed E-state index contributed by atoms with van der Waals surface area (Å²) in [4.78, 5) is 21.1. The van der Waals surface area contributed by atoms with E-state index in [1.54, 1.807) is 29.2 Å². The lowest BCUT2D eigenvalue weighted by molar-refractivity contribution is -0.113. The third-order valence-electron chi connectivity index (χ3n) is 7.20. The molecule has 6 rings (SSSR count). The van der Waals surface area contributed by atoms with E-state index in [4.69, 9.17) is 56.1 Å². The van der Waals surface area contributed by atoms with Gasteiger partial charge in [-0.05, 0) is 96.0 Å². The first-order valence-electron chi connectivity index (χ1n) is 13.6. The number of nitrogens with zero attached hydrogens (tertiary/aromatic N) is 2. The van der Waals surface area contributed by atoms with Gasteiger partial charge in [0.05, 0.1) is 16.3 Å². The lowest BCUT2D eigenvalue weighted by Gasteiger charge is -2.17. The number of rotatable bonds is 6. The van der Waals surface area contributed by atoms with Gasteiger partial charge in [0.2, 0.25) is 0 Å². The van der Waals surface area contributed by atoms with Crippen LogP contribution in [0.2, 0.25) is 20.1 Å². The molecule has 0 N–H and O–H groups in total. The van der Waals surface area contributed by atoms with Crippen LogP contribution >= 0.6 is 58.2 Å². The highest BCUT2D eigenvalue weighted by molar-refractivity contribution is 8.19. The third-order valence-corrected chi connectivity index (χ3v) is 9.57. The predicted molar refractivity (Wildman–Crippen MR) is 187 cm³/mol. The molecule has 0 atom stereocenters. The summed E-state index contributed by atoms with van der Waals surface area (Å²) in [6.07, 6.45) is 1.86. The Bertz CT molecular complexity index is 2010. The van der Waals surface area contributed by atoms with Crippen molar-refractivity contribution in [2.24, 2.45) is 4.99 Å². The van der Waals surface area contributed by atoms with Crippen LogP contribution in [0.3, 0.4) is 0 Å². The molecule has 0 aliphatic carbocycles. The number of amidine groups is 1. The summed E-state index contributed by atoms with van der Waals surface area (Å²) in [5.41, 5.74) is 4.66. The van der Waals surface area contributed by atoms with E-state index in [0.29, 0.717) is 47.3 Å². The van der Waals surface area contributed by atoms with Gasteiger partial charge < -0.3 is 4.74 Å². The highest BCUT2D eigenvalue weighted by Gasteiger charge is 2.35. The van der Waals surface area contributed by atoms with E-state index >= 15 is 0 Å². The van der Waals surface area contributed by atoms with E-state index in [2.05, 4.69) is 0 Å². The van der Waals surface area contributed by atoms with E-state index in [1.807, 2.05) is 86.7 Å². The van der Waals surface area contributed by atoms with Crippen LogP contribution in [0.15, 0.2) is 101 Å². The molecule has 220 valence electrons. The number of halogens is 4. The van der Waals surface area contributed by atoms with Crippen LogP contribution in [0.1, 0.15) is 22.3 Å². The van der Waals surface area contributed by atoms with Gasteiger partial charge in [-0.1, -0.05) is 94.9 Å². The van der Waals surface area contributed by atoms with E-state index < -0.39 is 0 Å². The summed E-state index contributed by atoms with van der Waals surface area (Å²) in [7, 11) is 0. The number of benzene rings is 5. The van der Waals surface area contributed by atoms with Crippen molar-refractivity contribution in [3.05, 3.63) is 138 Å². The number of hydrogen-bond donors (Lipinski definition) is 0. The first-order chi connectivity index (χ1) is 21.2. The van der Waals surface area contributed by atoms with Crippen molar-refractivity contribution < 1.29 is 9.53 Å². The zero-order valence-electron chi connectivity index (χ0n) is 23.6. The molecule has 1 amide bonds. The first kappa shape index (κ1) is 30.6. The Kier molecular flexibility index (Phi) is 8.95. The van der Waals surface area contributed by atoms with Gasteiger partial charge in [-0.25, -0.2) is 4.99 Å². The maximum absolute atomic E-state index is 14.1. The fourth-order valence-electron chi connectivity index (χ4n) is 4.73. The van der Waals surface area contributed by atoms with Crippen molar-refractivity contribution in [2.45, 2.75) is 20.5 Å². The Morgan fingerprint density at radius 2 is 1.57 bits per heavy atom. The van der Waals surface area contributed by atoms with Crippen molar-refractivity contribution in [3.8, 4) is 5.75 Å². The second kappa shape index (κ2) is 12.9. The monoisotopic (exact) mass is 676 g/mol. The number of hydrogen-bond acceptors (Lipinski definition) is 4. The average molecular weight is 678 g/mol. The molecular weight excluding hydrogens is 654 g/mol. The molecule has 0 radical (unpaired) electrons. The molecule has 0 spiro atoms. The summed E-state index contributed by atoms with van der Waals surface area (Å²) in [6.45, 7) is 4.07. The van der Waals surface area contributed by atoms with Crippen molar-refractivity contribution >= 4 is 97.5 Å². The maximum Gasteiger partial charge on any atom is 0.271 e. The Morgan fingerprint density at radius 1 is 0.818 bits per heavy atom. The molecule has 44 heavy (non-hydrogen) atoms. The zero-order valence-corrected chi connectivity index (χ0v) is 27.4. The molecule has 5 aromatic carbocycles. The molecule has 1 fully saturated rings. The number of aliphatic imine (C=N–C) groups is 1. The fourth-order valence-corrected chi connectivity index (χ4v) is 6.53. The van der Waals surface area contributed by atoms with Crippen LogP contribution in [0.25, 0.3) is 16.8 Å². The topological polar surface area (TPSA) is 41.9 Å². The molecule has 0 unspecified atom stereocenters. The molecular formula is C35H24Cl4N2O2S. The number of aryl methyl sites for hydroxylation is 2.